The second-order valence-electron chi connectivity index (χ2n) is 6.49. The molecule has 1 aliphatic rings. The molecule has 0 N–H and O–H groups in total. The number of rotatable bonds is 4. The molecular formula is C18H15F3N6O. The molecule has 4 heterocycles. The van der Waals surface area contributed by atoms with Crippen LogP contribution in [0.4, 0.5) is 19.1 Å². The first-order valence-electron chi connectivity index (χ1n) is 8.54. The Balaban J connectivity index is 1.45. The number of hydrogen-bond donors (Lipinski definition) is 0. The highest BCUT2D eigenvalue weighted by Crippen LogP contribution is 2.29. The highest BCUT2D eigenvalue weighted by molar-refractivity contribution is 5.56. The summed E-state index contributed by atoms with van der Waals surface area (Å²) in [7, 11) is 0. The van der Waals surface area contributed by atoms with Gasteiger partial charge in [0.1, 0.15) is 5.69 Å². The molecule has 28 heavy (non-hydrogen) atoms. The van der Waals surface area contributed by atoms with E-state index in [1.165, 1.54) is 10.7 Å². The molecule has 0 spiro atoms. The van der Waals surface area contributed by atoms with Gasteiger partial charge in [-0.05, 0) is 24.3 Å². The Hall–Kier alpha value is -3.30. The Kier molecular flexibility index (Phi) is 4.54. The summed E-state index contributed by atoms with van der Waals surface area (Å²) in [5.74, 6) is 0.1000. The van der Waals surface area contributed by atoms with E-state index in [2.05, 4.69) is 20.1 Å². The van der Waals surface area contributed by atoms with Gasteiger partial charge in [0.05, 0.1) is 12.2 Å². The molecular weight excluding hydrogens is 373 g/mol. The topological polar surface area (TPSA) is 76.8 Å². The lowest BCUT2D eigenvalue weighted by molar-refractivity contribution is -0.141. The highest BCUT2D eigenvalue weighted by atomic mass is 19.4. The van der Waals surface area contributed by atoms with Crippen LogP contribution in [0.5, 0.6) is 0 Å². The van der Waals surface area contributed by atoms with Gasteiger partial charge in [-0.15, -0.1) is 0 Å². The Morgan fingerprint density at radius 2 is 1.93 bits per heavy atom. The van der Waals surface area contributed by atoms with Crippen molar-refractivity contribution in [1.82, 2.24) is 24.7 Å². The molecule has 0 radical (unpaired) electrons. The van der Waals surface area contributed by atoms with Crippen LogP contribution in [-0.2, 0) is 12.7 Å². The number of anilines is 1. The normalized spacial score (nSPS) is 14.8. The lowest BCUT2D eigenvalue weighted by atomic mass is 10.0. The van der Waals surface area contributed by atoms with Crippen LogP contribution in [0.3, 0.4) is 0 Å². The fourth-order valence-electron chi connectivity index (χ4n) is 3.00. The molecule has 0 bridgehead atoms. The van der Waals surface area contributed by atoms with E-state index in [1.54, 1.807) is 29.4 Å². The third kappa shape index (κ3) is 3.71. The highest BCUT2D eigenvalue weighted by Gasteiger charge is 2.35. The summed E-state index contributed by atoms with van der Waals surface area (Å²) in [6.45, 7) is 1.27. The van der Waals surface area contributed by atoms with Crippen molar-refractivity contribution in [3.05, 3.63) is 65.0 Å². The Morgan fingerprint density at radius 3 is 2.64 bits per heavy atom. The van der Waals surface area contributed by atoms with E-state index in [-0.39, 0.29) is 17.4 Å². The second kappa shape index (κ2) is 7.02. The van der Waals surface area contributed by atoms with Gasteiger partial charge in [0.25, 0.3) is 5.56 Å². The minimum absolute atomic E-state index is 0.0375. The van der Waals surface area contributed by atoms with Gasteiger partial charge in [-0.3, -0.25) is 9.78 Å². The summed E-state index contributed by atoms with van der Waals surface area (Å²) < 4.78 is 39.7. The zero-order valence-corrected chi connectivity index (χ0v) is 14.5. The molecule has 3 aromatic heterocycles. The molecule has 4 rings (SSSR count). The van der Waals surface area contributed by atoms with Crippen LogP contribution in [0.25, 0.3) is 11.3 Å². The number of hydrogen-bond acceptors (Lipinski definition) is 6. The molecule has 3 aromatic rings. The van der Waals surface area contributed by atoms with Crippen LogP contribution >= 0.6 is 0 Å². The maximum absolute atomic E-state index is 12.8. The number of halogens is 3. The minimum atomic E-state index is -4.51. The van der Waals surface area contributed by atoms with E-state index in [0.29, 0.717) is 25.3 Å². The van der Waals surface area contributed by atoms with Gasteiger partial charge in [0, 0.05) is 49.2 Å². The number of pyridine rings is 1. The Bertz CT molecular complexity index is 1030. The van der Waals surface area contributed by atoms with Crippen molar-refractivity contribution in [2.24, 2.45) is 5.92 Å². The van der Waals surface area contributed by atoms with Crippen molar-refractivity contribution in [3.8, 4) is 11.3 Å². The van der Waals surface area contributed by atoms with Gasteiger partial charge in [0.2, 0.25) is 5.95 Å². The first-order valence-corrected chi connectivity index (χ1v) is 8.54. The molecule has 7 nitrogen and oxygen atoms in total. The summed E-state index contributed by atoms with van der Waals surface area (Å²) in [5, 5.41) is 4.37. The average Bonchev–Trinajstić information content (AvgIpc) is 2.66. The Morgan fingerprint density at radius 1 is 1.11 bits per heavy atom. The summed E-state index contributed by atoms with van der Waals surface area (Å²) >= 11 is 0. The van der Waals surface area contributed by atoms with Crippen molar-refractivity contribution >= 4 is 5.95 Å². The van der Waals surface area contributed by atoms with Gasteiger partial charge in [-0.1, -0.05) is 0 Å². The summed E-state index contributed by atoms with van der Waals surface area (Å²) in [4.78, 5) is 25.3. The van der Waals surface area contributed by atoms with Gasteiger partial charge in [0.15, 0.2) is 0 Å². The quantitative estimate of drug-likeness (QED) is 0.682. The second-order valence-corrected chi connectivity index (χ2v) is 6.49. The lowest BCUT2D eigenvalue weighted by Gasteiger charge is -2.39. The van der Waals surface area contributed by atoms with Gasteiger partial charge >= 0.3 is 6.18 Å². The molecule has 144 valence electrons. The summed E-state index contributed by atoms with van der Waals surface area (Å²) in [5.41, 5.74) is 0.221. The van der Waals surface area contributed by atoms with Crippen molar-refractivity contribution in [2.45, 2.75) is 12.7 Å². The fourth-order valence-corrected chi connectivity index (χ4v) is 3.00. The third-order valence-corrected chi connectivity index (χ3v) is 4.43. The smallest absolute Gasteiger partial charge is 0.340 e. The van der Waals surface area contributed by atoms with Crippen LogP contribution in [0.2, 0.25) is 0 Å². The van der Waals surface area contributed by atoms with Crippen molar-refractivity contribution < 1.29 is 13.2 Å². The number of alkyl halides is 3. The molecule has 0 atom stereocenters. The fraction of sp³-hybridized carbons (Fsp3) is 0.278. The lowest BCUT2D eigenvalue weighted by Crippen LogP contribution is -2.50. The first-order chi connectivity index (χ1) is 13.4. The van der Waals surface area contributed by atoms with Crippen LogP contribution in [0.1, 0.15) is 5.69 Å². The molecule has 10 heteroatoms. The van der Waals surface area contributed by atoms with E-state index < -0.39 is 11.9 Å². The van der Waals surface area contributed by atoms with Gasteiger partial charge in [-0.25, -0.2) is 14.6 Å². The summed E-state index contributed by atoms with van der Waals surface area (Å²) in [6, 6.07) is 7.56. The minimum Gasteiger partial charge on any atom is -0.340 e. The molecule has 0 amide bonds. The molecule has 0 unspecified atom stereocenters. The molecule has 1 fully saturated rings. The maximum Gasteiger partial charge on any atom is 0.433 e. The average molecular weight is 388 g/mol. The predicted octanol–water partition coefficient (Wildman–Crippen LogP) is 2.25. The monoisotopic (exact) mass is 388 g/mol. The van der Waals surface area contributed by atoms with Gasteiger partial charge < -0.3 is 4.90 Å². The molecule has 1 saturated heterocycles. The number of aromatic nitrogens is 5. The number of nitrogens with zero attached hydrogens (tertiary/aromatic N) is 6. The van der Waals surface area contributed by atoms with Crippen molar-refractivity contribution in [1.29, 1.82) is 0 Å². The van der Waals surface area contributed by atoms with E-state index in [9.17, 15) is 18.0 Å². The van der Waals surface area contributed by atoms with Crippen LogP contribution in [0.15, 0.2) is 53.7 Å². The summed E-state index contributed by atoms with van der Waals surface area (Å²) in [6.07, 6.45) is -0.0979. The van der Waals surface area contributed by atoms with E-state index in [1.807, 2.05) is 6.07 Å². The molecule has 0 saturated carbocycles. The van der Waals surface area contributed by atoms with E-state index >= 15 is 0 Å². The standard InChI is InChI=1S/C18H15F3N6O/c19-18(20,21)15-5-7-23-17(24-15)26-9-12(10-26)11-27-16(28)4-3-14(25-27)13-2-1-6-22-8-13/h1-8,12H,9-11H2. The Labute approximate surface area is 157 Å². The molecule has 0 aromatic carbocycles. The predicted molar refractivity (Wildman–Crippen MR) is 94.5 cm³/mol. The SMILES string of the molecule is O=c1ccc(-c2cccnc2)nn1CC1CN(c2nccc(C(F)(F)F)n2)C1. The van der Waals surface area contributed by atoms with E-state index in [4.69, 9.17) is 0 Å². The van der Waals surface area contributed by atoms with Crippen LogP contribution in [-0.4, -0.2) is 37.8 Å². The maximum atomic E-state index is 12.8. The zero-order valence-electron chi connectivity index (χ0n) is 14.5. The van der Waals surface area contributed by atoms with Crippen LogP contribution < -0.4 is 10.5 Å². The first kappa shape index (κ1) is 18.1. The molecule has 0 aliphatic carbocycles. The zero-order chi connectivity index (χ0) is 19.7. The van der Waals surface area contributed by atoms with E-state index in [0.717, 1.165) is 17.8 Å². The largest absolute Gasteiger partial charge is 0.433 e. The van der Waals surface area contributed by atoms with Crippen LogP contribution in [0, 0.1) is 5.92 Å². The van der Waals surface area contributed by atoms with Crippen molar-refractivity contribution in [3.63, 3.8) is 0 Å². The third-order valence-electron chi connectivity index (χ3n) is 4.43. The van der Waals surface area contributed by atoms with Gasteiger partial charge in [-0.2, -0.15) is 18.3 Å². The molecule has 1 aliphatic heterocycles. The van der Waals surface area contributed by atoms with Crippen molar-refractivity contribution in [2.75, 3.05) is 18.0 Å².